The monoisotopic (exact) mass is 391 g/mol. The Morgan fingerprint density at radius 1 is 1.37 bits per heavy atom. The van der Waals surface area contributed by atoms with Crippen LogP contribution < -0.4 is 10.6 Å². The molecule has 1 unspecified atom stereocenters. The van der Waals surface area contributed by atoms with Gasteiger partial charge in [-0.15, -0.1) is 0 Å². The zero-order valence-electron chi connectivity index (χ0n) is 14.6. The maximum absolute atomic E-state index is 12.8. The number of amides is 1. The summed E-state index contributed by atoms with van der Waals surface area (Å²) >= 11 is 0. The van der Waals surface area contributed by atoms with Crippen LogP contribution in [0.2, 0.25) is 0 Å². The molecule has 144 valence electrons. The zero-order chi connectivity index (χ0) is 19.0. The fourth-order valence-corrected chi connectivity index (χ4v) is 4.93. The van der Waals surface area contributed by atoms with E-state index in [-0.39, 0.29) is 22.4 Å². The summed E-state index contributed by atoms with van der Waals surface area (Å²) in [5.41, 5.74) is 0.673. The van der Waals surface area contributed by atoms with Crippen LogP contribution in [0, 0.1) is 0 Å². The van der Waals surface area contributed by atoms with Crippen LogP contribution in [0.5, 0.6) is 0 Å². The molecule has 9 heteroatoms. The number of aliphatic hydroxyl groups is 1. The number of carbonyl (C=O) groups is 1. The number of nitrogens with zero attached hydrogens (tertiary/aromatic N) is 1. The third kappa shape index (κ3) is 3.39. The molecule has 1 aromatic carbocycles. The number of rotatable bonds is 5. The van der Waals surface area contributed by atoms with Gasteiger partial charge in [0.15, 0.2) is 0 Å². The quantitative estimate of drug-likeness (QED) is 0.666. The van der Waals surface area contributed by atoms with Crippen LogP contribution in [0.15, 0.2) is 41.4 Å². The van der Waals surface area contributed by atoms with Crippen molar-refractivity contribution in [2.45, 2.75) is 36.5 Å². The average Bonchev–Trinajstić information content (AvgIpc) is 3.32. The molecule has 27 heavy (non-hydrogen) atoms. The molecule has 4 rings (SSSR count). The molecular formula is C18H21N3O5S. The Labute approximate surface area is 157 Å². The van der Waals surface area contributed by atoms with Gasteiger partial charge in [0.05, 0.1) is 11.8 Å². The molecule has 0 bridgehead atoms. The van der Waals surface area contributed by atoms with Gasteiger partial charge in [0.25, 0.3) is 15.9 Å². The zero-order valence-corrected chi connectivity index (χ0v) is 15.4. The maximum atomic E-state index is 12.8. The van der Waals surface area contributed by atoms with Crippen molar-refractivity contribution >= 4 is 21.6 Å². The lowest BCUT2D eigenvalue weighted by molar-refractivity contribution is 0.0918. The van der Waals surface area contributed by atoms with E-state index in [9.17, 15) is 18.3 Å². The minimum atomic E-state index is -3.88. The lowest BCUT2D eigenvalue weighted by atomic mass is 10.1. The van der Waals surface area contributed by atoms with E-state index in [1.807, 2.05) is 0 Å². The van der Waals surface area contributed by atoms with Crippen LogP contribution >= 0.6 is 0 Å². The van der Waals surface area contributed by atoms with Crippen molar-refractivity contribution in [3.05, 3.63) is 47.8 Å². The molecule has 1 fully saturated rings. The highest BCUT2D eigenvalue weighted by Crippen LogP contribution is 2.31. The molecule has 2 aliphatic rings. The first kappa shape index (κ1) is 18.2. The van der Waals surface area contributed by atoms with Crippen molar-refractivity contribution in [1.82, 2.24) is 9.29 Å². The Bertz CT molecular complexity index is 963. The summed E-state index contributed by atoms with van der Waals surface area (Å²) in [5.74, 6) is -0.514. The summed E-state index contributed by atoms with van der Waals surface area (Å²) in [7, 11) is -3.88. The number of hydrogen-bond acceptors (Lipinski definition) is 6. The summed E-state index contributed by atoms with van der Waals surface area (Å²) in [6, 6.07) is 7.39. The molecule has 3 N–H and O–H groups in total. The Hall–Kier alpha value is -2.20. The second-order valence-corrected chi connectivity index (χ2v) is 8.47. The highest BCUT2D eigenvalue weighted by Gasteiger charge is 2.30. The van der Waals surface area contributed by atoms with E-state index in [0.29, 0.717) is 12.1 Å². The molecule has 2 atom stereocenters. The van der Waals surface area contributed by atoms with Crippen molar-refractivity contribution in [3.8, 4) is 0 Å². The smallest absolute Gasteiger partial charge is 0.273 e. The first-order chi connectivity index (χ1) is 13.0. The minimum Gasteiger partial charge on any atom is -0.378 e. The number of anilines is 1. The largest absolute Gasteiger partial charge is 0.378 e. The van der Waals surface area contributed by atoms with Gasteiger partial charge >= 0.3 is 0 Å². The van der Waals surface area contributed by atoms with E-state index >= 15 is 0 Å². The molecule has 8 nitrogen and oxygen atoms in total. The van der Waals surface area contributed by atoms with Gasteiger partial charge in [0, 0.05) is 19.3 Å². The molecular weight excluding hydrogens is 370 g/mol. The van der Waals surface area contributed by atoms with Crippen molar-refractivity contribution in [1.29, 1.82) is 0 Å². The summed E-state index contributed by atoms with van der Waals surface area (Å²) in [5, 5.41) is 16.0. The Balaban J connectivity index is 1.54. The number of benzene rings is 1. The summed E-state index contributed by atoms with van der Waals surface area (Å²) in [6.45, 7) is 1.36. The molecule has 3 heterocycles. The number of carbonyl (C=O) groups excluding carboxylic acids is 1. The van der Waals surface area contributed by atoms with E-state index < -0.39 is 22.2 Å². The van der Waals surface area contributed by atoms with Crippen LogP contribution in [0.1, 0.15) is 41.5 Å². The molecule has 0 spiro atoms. The van der Waals surface area contributed by atoms with Gasteiger partial charge in [0.1, 0.15) is 16.8 Å². The molecule has 0 radical (unpaired) electrons. The van der Waals surface area contributed by atoms with Gasteiger partial charge in [-0.3, -0.25) is 10.1 Å². The van der Waals surface area contributed by atoms with Gasteiger partial charge in [-0.1, -0.05) is 6.07 Å². The summed E-state index contributed by atoms with van der Waals surface area (Å²) in [4.78, 5) is 12.3. The number of ether oxygens (including phenoxy) is 1. The maximum Gasteiger partial charge on any atom is 0.273 e. The SMILES string of the molecule is O=C1Nc2cc(C(O)NCC[C@@H]3CCCO3)ccc2S(=O)(=O)n2cccc21. The van der Waals surface area contributed by atoms with E-state index in [0.717, 1.165) is 29.8 Å². The second-order valence-electron chi connectivity index (χ2n) is 6.68. The fourth-order valence-electron chi connectivity index (χ4n) is 3.45. The number of aromatic nitrogens is 1. The predicted octanol–water partition coefficient (Wildman–Crippen LogP) is 1.44. The highest BCUT2D eigenvalue weighted by molar-refractivity contribution is 7.90. The van der Waals surface area contributed by atoms with Crippen LogP contribution in [0.25, 0.3) is 0 Å². The number of hydrogen-bond donors (Lipinski definition) is 3. The fraction of sp³-hybridized carbons (Fsp3) is 0.389. The van der Waals surface area contributed by atoms with Gasteiger partial charge in [-0.25, -0.2) is 12.4 Å². The first-order valence-corrected chi connectivity index (χ1v) is 10.3. The van der Waals surface area contributed by atoms with E-state index in [1.165, 1.54) is 30.5 Å². The predicted molar refractivity (Wildman–Crippen MR) is 98.0 cm³/mol. The van der Waals surface area contributed by atoms with Crippen LogP contribution in [-0.4, -0.2) is 42.7 Å². The Kier molecular flexibility index (Phi) is 4.77. The van der Waals surface area contributed by atoms with E-state index in [1.54, 1.807) is 6.07 Å². The van der Waals surface area contributed by atoms with Crippen molar-refractivity contribution < 1.29 is 23.1 Å². The molecule has 1 aromatic heterocycles. The summed E-state index contributed by atoms with van der Waals surface area (Å²) < 4.78 is 32.1. The van der Waals surface area contributed by atoms with Crippen LogP contribution in [-0.2, 0) is 14.8 Å². The highest BCUT2D eigenvalue weighted by atomic mass is 32.2. The average molecular weight is 391 g/mol. The Morgan fingerprint density at radius 3 is 3.00 bits per heavy atom. The first-order valence-electron chi connectivity index (χ1n) is 8.88. The normalized spacial score (nSPS) is 21.8. The Morgan fingerprint density at radius 2 is 2.22 bits per heavy atom. The third-order valence-electron chi connectivity index (χ3n) is 4.88. The number of nitrogens with one attached hydrogen (secondary N) is 2. The van der Waals surface area contributed by atoms with Gasteiger partial charge in [-0.05, 0) is 49.1 Å². The molecule has 2 aromatic rings. The molecule has 1 amide bonds. The van der Waals surface area contributed by atoms with E-state index in [4.69, 9.17) is 4.74 Å². The molecule has 1 saturated heterocycles. The molecule has 0 aliphatic carbocycles. The van der Waals surface area contributed by atoms with Crippen molar-refractivity contribution in [2.75, 3.05) is 18.5 Å². The number of fused-ring (bicyclic) bond motifs is 2. The standard InChI is InChI=1S/C18H21N3O5S/c22-17(19-8-7-13-3-2-10-26-13)12-5-6-16-14(11-12)20-18(23)15-4-1-9-21(15)27(16,24)25/h1,4-6,9,11,13,17,19,22H,2-3,7-8,10H2,(H,20,23)/t13-,17?/m0/s1. The lowest BCUT2D eigenvalue weighted by Gasteiger charge is -2.17. The molecule has 0 saturated carbocycles. The van der Waals surface area contributed by atoms with Crippen molar-refractivity contribution in [3.63, 3.8) is 0 Å². The topological polar surface area (TPSA) is 110 Å². The van der Waals surface area contributed by atoms with Crippen LogP contribution in [0.4, 0.5) is 5.69 Å². The number of aliphatic hydroxyl groups excluding tert-OH is 1. The van der Waals surface area contributed by atoms with E-state index in [2.05, 4.69) is 10.6 Å². The van der Waals surface area contributed by atoms with Gasteiger partial charge < -0.3 is 15.2 Å². The van der Waals surface area contributed by atoms with Gasteiger partial charge in [0.2, 0.25) is 0 Å². The second kappa shape index (κ2) is 7.08. The molecule has 2 aliphatic heterocycles. The van der Waals surface area contributed by atoms with Crippen LogP contribution in [0.3, 0.4) is 0 Å². The van der Waals surface area contributed by atoms with Crippen molar-refractivity contribution in [2.24, 2.45) is 0 Å². The van der Waals surface area contributed by atoms with Gasteiger partial charge in [-0.2, -0.15) is 0 Å². The lowest BCUT2D eigenvalue weighted by Crippen LogP contribution is -2.25. The third-order valence-corrected chi connectivity index (χ3v) is 6.63. The summed E-state index contributed by atoms with van der Waals surface area (Å²) in [6.07, 6.45) is 3.47. The minimum absolute atomic E-state index is 0.0129.